The fourth-order valence-electron chi connectivity index (χ4n) is 4.36. The van der Waals surface area contributed by atoms with Gasteiger partial charge in [0.2, 0.25) is 0 Å². The lowest BCUT2D eigenvalue weighted by atomic mass is 9.87. The summed E-state index contributed by atoms with van der Waals surface area (Å²) in [5.41, 5.74) is 3.41. The molecule has 5 rings (SSSR count). The number of carbonyl (C=O) groups excluding carboxylic acids is 1. The molecule has 1 N–H and O–H groups in total. The molecule has 0 saturated heterocycles. The van der Waals surface area contributed by atoms with Gasteiger partial charge in [-0.05, 0) is 56.1 Å². The van der Waals surface area contributed by atoms with Crippen molar-refractivity contribution in [2.45, 2.75) is 51.0 Å². The summed E-state index contributed by atoms with van der Waals surface area (Å²) in [4.78, 5) is 32.3. The van der Waals surface area contributed by atoms with Gasteiger partial charge in [-0.15, -0.1) is 11.3 Å². The number of hydrogen-bond donors (Lipinski definition) is 1. The van der Waals surface area contributed by atoms with E-state index in [1.54, 1.807) is 15.7 Å². The van der Waals surface area contributed by atoms with Gasteiger partial charge in [-0.3, -0.25) is 14.0 Å². The zero-order valence-corrected chi connectivity index (χ0v) is 15.8. The van der Waals surface area contributed by atoms with E-state index in [9.17, 15) is 9.59 Å². The molecule has 6 heteroatoms. The van der Waals surface area contributed by atoms with Crippen molar-refractivity contribution >= 4 is 22.2 Å². The molecule has 2 aliphatic rings. The minimum absolute atomic E-state index is 0.0427. The van der Waals surface area contributed by atoms with E-state index in [0.29, 0.717) is 4.96 Å². The molecule has 2 heterocycles. The quantitative estimate of drug-likeness (QED) is 0.742. The second-order valence-corrected chi connectivity index (χ2v) is 8.45. The van der Waals surface area contributed by atoms with Gasteiger partial charge in [0, 0.05) is 16.8 Å². The summed E-state index contributed by atoms with van der Waals surface area (Å²) >= 11 is 1.58. The molecule has 0 saturated carbocycles. The van der Waals surface area contributed by atoms with Gasteiger partial charge in [0.15, 0.2) is 4.96 Å². The zero-order valence-electron chi connectivity index (χ0n) is 15.0. The van der Waals surface area contributed by atoms with Gasteiger partial charge in [0.25, 0.3) is 11.5 Å². The molecule has 0 aliphatic heterocycles. The fraction of sp³-hybridized carbons (Fsp3) is 0.381. The van der Waals surface area contributed by atoms with E-state index in [-0.39, 0.29) is 23.1 Å². The molecular formula is C21H21N3O2S. The van der Waals surface area contributed by atoms with Gasteiger partial charge in [-0.25, -0.2) is 4.98 Å². The highest BCUT2D eigenvalue weighted by atomic mass is 32.1. The minimum atomic E-state index is -0.320. The number of benzene rings is 1. The summed E-state index contributed by atoms with van der Waals surface area (Å²) in [5, 5.41) is 3.08. The summed E-state index contributed by atoms with van der Waals surface area (Å²) in [6.07, 6.45) is 8.55. The molecule has 2 aromatic heterocycles. The lowest BCUT2D eigenvalue weighted by molar-refractivity contribution is 0.0930. The molecule has 0 spiro atoms. The molecule has 0 bridgehead atoms. The van der Waals surface area contributed by atoms with Crippen LogP contribution in [0, 0.1) is 0 Å². The molecule has 5 nitrogen and oxygen atoms in total. The van der Waals surface area contributed by atoms with Crippen molar-refractivity contribution in [1.29, 1.82) is 0 Å². The van der Waals surface area contributed by atoms with Crippen LogP contribution in [0.5, 0.6) is 0 Å². The molecule has 27 heavy (non-hydrogen) atoms. The predicted molar refractivity (Wildman–Crippen MR) is 106 cm³/mol. The number of aryl methyl sites for hydroxylation is 3. The Kier molecular flexibility index (Phi) is 4.08. The third kappa shape index (κ3) is 2.79. The van der Waals surface area contributed by atoms with Crippen molar-refractivity contribution in [2.75, 3.05) is 0 Å². The summed E-state index contributed by atoms with van der Waals surface area (Å²) in [7, 11) is 0. The van der Waals surface area contributed by atoms with Crippen LogP contribution in [0.3, 0.4) is 0 Å². The van der Waals surface area contributed by atoms with E-state index in [1.807, 2.05) is 12.1 Å². The van der Waals surface area contributed by atoms with Gasteiger partial charge in [-0.2, -0.15) is 0 Å². The number of aromatic nitrogens is 2. The first-order valence-electron chi connectivity index (χ1n) is 9.63. The average Bonchev–Trinajstić information content (AvgIpc) is 3.08. The van der Waals surface area contributed by atoms with Gasteiger partial charge >= 0.3 is 0 Å². The highest BCUT2D eigenvalue weighted by Gasteiger charge is 2.25. The maximum Gasteiger partial charge on any atom is 0.271 e. The largest absolute Gasteiger partial charge is 0.345 e. The topological polar surface area (TPSA) is 63.5 Å². The summed E-state index contributed by atoms with van der Waals surface area (Å²) in [6.45, 7) is 0. The summed E-state index contributed by atoms with van der Waals surface area (Å²) < 4.78 is 1.67. The molecule has 0 radical (unpaired) electrons. The van der Waals surface area contributed by atoms with Crippen molar-refractivity contribution in [3.63, 3.8) is 0 Å². The van der Waals surface area contributed by atoms with E-state index < -0.39 is 0 Å². The highest BCUT2D eigenvalue weighted by Crippen LogP contribution is 2.30. The Labute approximate surface area is 161 Å². The number of nitrogens with one attached hydrogen (secondary N) is 1. The Balaban J connectivity index is 1.50. The first-order chi connectivity index (χ1) is 13.2. The smallest absolute Gasteiger partial charge is 0.271 e. The van der Waals surface area contributed by atoms with Gasteiger partial charge in [0.05, 0.1) is 6.04 Å². The van der Waals surface area contributed by atoms with Crippen LogP contribution >= 0.6 is 11.3 Å². The Hall–Kier alpha value is -2.47. The number of carbonyl (C=O) groups is 1. The SMILES string of the molecule is O=C(N[C@@H]1CCCc2ccccc21)c1cnc2sc3c(n2c1=O)CCCC3. The summed E-state index contributed by atoms with van der Waals surface area (Å²) in [6, 6.07) is 8.19. The van der Waals surface area contributed by atoms with Crippen LogP contribution in [0.25, 0.3) is 4.96 Å². The van der Waals surface area contributed by atoms with Crippen LogP contribution in [-0.4, -0.2) is 15.3 Å². The van der Waals surface area contributed by atoms with Crippen LogP contribution in [0.4, 0.5) is 0 Å². The second-order valence-electron chi connectivity index (χ2n) is 7.39. The number of amides is 1. The molecule has 138 valence electrons. The molecule has 0 fully saturated rings. The zero-order chi connectivity index (χ0) is 18.4. The maximum absolute atomic E-state index is 13.1. The van der Waals surface area contributed by atoms with E-state index in [4.69, 9.17) is 0 Å². The van der Waals surface area contributed by atoms with Gasteiger partial charge in [0.1, 0.15) is 5.56 Å². The standard InChI is InChI=1S/C21H21N3O2S/c25-19(23-16-9-5-7-13-6-1-2-8-14(13)16)15-12-22-21-24(20(15)26)17-10-3-4-11-18(17)27-21/h1-2,6,8,12,16H,3-5,7,9-11H2,(H,23,25)/t16-/m1/s1. The van der Waals surface area contributed by atoms with E-state index >= 15 is 0 Å². The predicted octanol–water partition coefficient (Wildman–Crippen LogP) is 3.44. The highest BCUT2D eigenvalue weighted by molar-refractivity contribution is 7.17. The Morgan fingerprint density at radius 2 is 2.00 bits per heavy atom. The average molecular weight is 379 g/mol. The van der Waals surface area contributed by atoms with E-state index in [2.05, 4.69) is 22.4 Å². The number of hydrogen-bond acceptors (Lipinski definition) is 4. The number of nitrogens with zero attached hydrogens (tertiary/aromatic N) is 2. The van der Waals surface area contributed by atoms with E-state index in [1.165, 1.54) is 22.2 Å². The summed E-state index contributed by atoms with van der Waals surface area (Å²) in [5.74, 6) is -0.320. The minimum Gasteiger partial charge on any atom is -0.345 e. The van der Waals surface area contributed by atoms with Crippen LogP contribution in [0.1, 0.15) is 63.8 Å². The van der Waals surface area contributed by atoms with Crippen LogP contribution in [-0.2, 0) is 19.3 Å². The van der Waals surface area contributed by atoms with E-state index in [0.717, 1.165) is 50.6 Å². The monoisotopic (exact) mass is 379 g/mol. The second kappa shape index (κ2) is 6.60. The molecule has 1 atom stereocenters. The Morgan fingerprint density at radius 1 is 1.15 bits per heavy atom. The third-order valence-electron chi connectivity index (χ3n) is 5.72. The first kappa shape index (κ1) is 16.7. The van der Waals surface area contributed by atoms with Gasteiger partial charge < -0.3 is 5.32 Å². The van der Waals surface area contributed by atoms with Crippen LogP contribution in [0.2, 0.25) is 0 Å². The lowest BCUT2D eigenvalue weighted by Gasteiger charge is -2.26. The number of thiazole rings is 1. The molecule has 0 unspecified atom stereocenters. The fourth-order valence-corrected chi connectivity index (χ4v) is 5.53. The van der Waals surface area contributed by atoms with Crippen molar-refractivity contribution in [2.24, 2.45) is 0 Å². The lowest BCUT2D eigenvalue weighted by Crippen LogP contribution is -2.35. The Bertz CT molecular complexity index is 1100. The normalized spacial score (nSPS) is 18.7. The number of rotatable bonds is 2. The molecule has 2 aliphatic carbocycles. The third-order valence-corrected chi connectivity index (χ3v) is 6.88. The molecule has 1 aromatic carbocycles. The molecule has 1 amide bonds. The van der Waals surface area contributed by atoms with Gasteiger partial charge in [-0.1, -0.05) is 24.3 Å². The van der Waals surface area contributed by atoms with Crippen molar-refractivity contribution in [1.82, 2.24) is 14.7 Å². The van der Waals surface area contributed by atoms with Crippen molar-refractivity contribution in [3.8, 4) is 0 Å². The van der Waals surface area contributed by atoms with Crippen LogP contribution < -0.4 is 10.9 Å². The first-order valence-corrected chi connectivity index (χ1v) is 10.4. The van der Waals surface area contributed by atoms with Crippen molar-refractivity contribution < 1.29 is 4.79 Å². The maximum atomic E-state index is 13.1. The number of fused-ring (bicyclic) bond motifs is 4. The van der Waals surface area contributed by atoms with Crippen molar-refractivity contribution in [3.05, 3.63) is 68.1 Å². The Morgan fingerprint density at radius 3 is 2.93 bits per heavy atom. The van der Waals surface area contributed by atoms with Crippen LogP contribution in [0.15, 0.2) is 35.3 Å². The molecule has 3 aromatic rings. The molecular weight excluding hydrogens is 358 g/mol.